The summed E-state index contributed by atoms with van der Waals surface area (Å²) in [7, 11) is 1.60. The van der Waals surface area contributed by atoms with Gasteiger partial charge in [-0.05, 0) is 49.2 Å². The van der Waals surface area contributed by atoms with E-state index in [0.717, 1.165) is 22.6 Å². The van der Waals surface area contributed by atoms with E-state index in [1.54, 1.807) is 31.4 Å². The van der Waals surface area contributed by atoms with Crippen LogP contribution < -0.4 is 14.8 Å². The minimum Gasteiger partial charge on any atom is -0.497 e. The van der Waals surface area contributed by atoms with Crippen molar-refractivity contribution < 1.29 is 14.3 Å². The highest BCUT2D eigenvalue weighted by Gasteiger charge is 2.10. The van der Waals surface area contributed by atoms with Crippen LogP contribution in [0.25, 0.3) is 0 Å². The van der Waals surface area contributed by atoms with Gasteiger partial charge in [0.05, 0.1) is 12.9 Å². The molecule has 2 N–H and O–H groups in total. The second-order valence-corrected chi connectivity index (χ2v) is 7.08. The summed E-state index contributed by atoms with van der Waals surface area (Å²) >= 11 is 1.26. The third-order valence-corrected chi connectivity index (χ3v) is 4.83. The maximum atomic E-state index is 12.1. The number of ether oxygens (including phenoxy) is 2. The van der Waals surface area contributed by atoms with Gasteiger partial charge in [-0.25, -0.2) is 4.98 Å². The molecule has 1 aromatic heterocycles. The summed E-state index contributed by atoms with van der Waals surface area (Å²) in [4.78, 5) is 16.4. The quantitative estimate of drug-likeness (QED) is 0.562. The van der Waals surface area contributed by atoms with Crippen molar-refractivity contribution in [1.29, 1.82) is 0 Å². The molecule has 3 aromatic rings. The van der Waals surface area contributed by atoms with E-state index in [9.17, 15) is 4.79 Å². The summed E-state index contributed by atoms with van der Waals surface area (Å²) in [5, 5.41) is 10.3. The topological polar surface area (TPSA) is 89.1 Å². The van der Waals surface area contributed by atoms with E-state index in [1.807, 2.05) is 32.0 Å². The summed E-state index contributed by atoms with van der Waals surface area (Å²) in [6.07, 6.45) is 0. The highest BCUT2D eigenvalue weighted by Crippen LogP contribution is 2.23. The Bertz CT molecular complexity index is 921. The first kappa shape index (κ1) is 19.8. The van der Waals surface area contributed by atoms with Crippen molar-refractivity contribution in [3.8, 4) is 11.5 Å². The largest absolute Gasteiger partial charge is 0.497 e. The summed E-state index contributed by atoms with van der Waals surface area (Å²) in [5.74, 6) is 2.28. The normalized spacial score (nSPS) is 10.5. The SMILES string of the molecule is COc1ccc(NC(=O)CSc2n[nH]c(COc3c(C)cccc3C)n2)cc1. The zero-order chi connectivity index (χ0) is 19.9. The molecule has 0 saturated heterocycles. The second-order valence-electron chi connectivity index (χ2n) is 6.14. The third-order valence-electron chi connectivity index (χ3n) is 3.98. The van der Waals surface area contributed by atoms with Gasteiger partial charge in [0, 0.05) is 5.69 Å². The van der Waals surface area contributed by atoms with Gasteiger partial charge in [0.25, 0.3) is 0 Å². The molecule has 3 rings (SSSR count). The Balaban J connectivity index is 1.48. The number of benzene rings is 2. The molecule has 146 valence electrons. The van der Waals surface area contributed by atoms with E-state index < -0.39 is 0 Å². The van der Waals surface area contributed by atoms with Crippen LogP contribution in [0.4, 0.5) is 5.69 Å². The van der Waals surface area contributed by atoms with Gasteiger partial charge in [-0.3, -0.25) is 9.89 Å². The number of amides is 1. The Morgan fingerprint density at radius 1 is 1.14 bits per heavy atom. The number of carbonyl (C=O) groups is 1. The average molecular weight is 398 g/mol. The molecule has 0 atom stereocenters. The second kappa shape index (κ2) is 9.27. The van der Waals surface area contributed by atoms with E-state index in [1.165, 1.54) is 11.8 Å². The van der Waals surface area contributed by atoms with Crippen molar-refractivity contribution in [2.45, 2.75) is 25.6 Å². The van der Waals surface area contributed by atoms with Crippen LogP contribution in [0.5, 0.6) is 11.5 Å². The van der Waals surface area contributed by atoms with E-state index in [-0.39, 0.29) is 18.3 Å². The minimum absolute atomic E-state index is 0.131. The Morgan fingerprint density at radius 2 is 1.86 bits per heavy atom. The fraction of sp³-hybridized carbons (Fsp3) is 0.250. The number of anilines is 1. The van der Waals surface area contributed by atoms with Gasteiger partial charge in [-0.2, -0.15) is 0 Å². The van der Waals surface area contributed by atoms with E-state index in [2.05, 4.69) is 20.5 Å². The minimum atomic E-state index is -0.131. The summed E-state index contributed by atoms with van der Waals surface area (Å²) in [6.45, 7) is 4.30. The number of aromatic amines is 1. The number of hydrogen-bond acceptors (Lipinski definition) is 6. The van der Waals surface area contributed by atoms with Crippen LogP contribution in [0.15, 0.2) is 47.6 Å². The lowest BCUT2D eigenvalue weighted by atomic mass is 10.1. The van der Waals surface area contributed by atoms with Crippen LogP contribution in [0.2, 0.25) is 0 Å². The molecule has 0 unspecified atom stereocenters. The summed E-state index contributed by atoms with van der Waals surface area (Å²) < 4.78 is 11.0. The van der Waals surface area contributed by atoms with Crippen molar-refractivity contribution in [2.75, 3.05) is 18.2 Å². The Kier molecular flexibility index (Phi) is 6.54. The van der Waals surface area contributed by atoms with E-state index in [0.29, 0.717) is 16.7 Å². The molecule has 0 radical (unpaired) electrons. The summed E-state index contributed by atoms with van der Waals surface area (Å²) in [5.41, 5.74) is 2.86. The van der Waals surface area contributed by atoms with Crippen molar-refractivity contribution in [2.24, 2.45) is 0 Å². The number of rotatable bonds is 8. The lowest BCUT2D eigenvalue weighted by Crippen LogP contribution is -2.14. The van der Waals surface area contributed by atoms with Crippen LogP contribution in [-0.4, -0.2) is 34.0 Å². The number of para-hydroxylation sites is 1. The lowest BCUT2D eigenvalue weighted by molar-refractivity contribution is -0.113. The predicted molar refractivity (Wildman–Crippen MR) is 109 cm³/mol. The van der Waals surface area contributed by atoms with E-state index >= 15 is 0 Å². The molecule has 0 bridgehead atoms. The van der Waals surface area contributed by atoms with Crippen molar-refractivity contribution in [3.63, 3.8) is 0 Å². The molecule has 0 aliphatic rings. The zero-order valence-corrected chi connectivity index (χ0v) is 16.8. The highest BCUT2D eigenvalue weighted by molar-refractivity contribution is 7.99. The number of aryl methyl sites for hydroxylation is 2. The number of carbonyl (C=O) groups excluding carboxylic acids is 1. The molecule has 0 aliphatic heterocycles. The average Bonchev–Trinajstić information content (AvgIpc) is 3.14. The van der Waals surface area contributed by atoms with E-state index in [4.69, 9.17) is 9.47 Å². The van der Waals surface area contributed by atoms with Gasteiger partial charge in [0.2, 0.25) is 11.1 Å². The molecule has 1 heterocycles. The number of thioether (sulfide) groups is 1. The number of nitrogens with zero attached hydrogens (tertiary/aromatic N) is 2. The Morgan fingerprint density at radius 3 is 2.54 bits per heavy atom. The standard InChI is InChI=1S/C20H22N4O3S/c1-13-5-4-6-14(2)19(13)27-11-17-22-20(24-23-17)28-12-18(25)21-15-7-9-16(26-3)10-8-15/h4-10H,11-12H2,1-3H3,(H,21,25)(H,22,23,24). The first-order chi connectivity index (χ1) is 13.5. The number of methoxy groups -OCH3 is 1. The monoisotopic (exact) mass is 398 g/mol. The van der Waals surface area contributed by atoms with Gasteiger partial charge in [0.1, 0.15) is 18.1 Å². The molecule has 8 heteroatoms. The number of aromatic nitrogens is 3. The molecule has 28 heavy (non-hydrogen) atoms. The first-order valence-corrected chi connectivity index (χ1v) is 9.70. The van der Waals surface area contributed by atoms with Crippen LogP contribution in [0.1, 0.15) is 17.0 Å². The molecule has 0 spiro atoms. The van der Waals surface area contributed by atoms with Crippen molar-refractivity contribution in [1.82, 2.24) is 15.2 Å². The fourth-order valence-electron chi connectivity index (χ4n) is 2.58. The fourth-order valence-corrected chi connectivity index (χ4v) is 3.19. The van der Waals surface area contributed by atoms with Crippen molar-refractivity contribution in [3.05, 3.63) is 59.4 Å². The molecular weight excluding hydrogens is 376 g/mol. The molecular formula is C20H22N4O3S. The van der Waals surface area contributed by atoms with Crippen LogP contribution in [-0.2, 0) is 11.4 Å². The maximum Gasteiger partial charge on any atom is 0.234 e. The van der Waals surface area contributed by atoms with Crippen LogP contribution in [0.3, 0.4) is 0 Å². The van der Waals surface area contributed by atoms with Gasteiger partial charge in [-0.1, -0.05) is 30.0 Å². The van der Waals surface area contributed by atoms with Gasteiger partial charge in [0.15, 0.2) is 5.82 Å². The number of hydrogen-bond donors (Lipinski definition) is 2. The lowest BCUT2D eigenvalue weighted by Gasteiger charge is -2.10. The third kappa shape index (κ3) is 5.26. The van der Waals surface area contributed by atoms with Gasteiger partial charge < -0.3 is 14.8 Å². The molecule has 7 nitrogen and oxygen atoms in total. The molecule has 1 amide bonds. The van der Waals surface area contributed by atoms with Crippen LogP contribution in [0, 0.1) is 13.8 Å². The van der Waals surface area contributed by atoms with Gasteiger partial charge >= 0.3 is 0 Å². The van der Waals surface area contributed by atoms with Gasteiger partial charge in [-0.15, -0.1) is 5.10 Å². The van der Waals surface area contributed by atoms with Crippen molar-refractivity contribution >= 4 is 23.4 Å². The Labute approximate surface area is 167 Å². The Hall–Kier alpha value is -3.00. The summed E-state index contributed by atoms with van der Waals surface area (Å²) in [6, 6.07) is 13.2. The van der Waals surface area contributed by atoms with Crippen LogP contribution >= 0.6 is 11.8 Å². The smallest absolute Gasteiger partial charge is 0.234 e. The number of H-pyrrole nitrogens is 1. The predicted octanol–water partition coefficient (Wildman–Crippen LogP) is 3.74. The number of nitrogens with one attached hydrogen (secondary N) is 2. The first-order valence-electron chi connectivity index (χ1n) is 8.72. The molecule has 0 fully saturated rings. The molecule has 0 saturated carbocycles. The molecule has 2 aromatic carbocycles. The molecule has 0 aliphatic carbocycles. The highest BCUT2D eigenvalue weighted by atomic mass is 32.2. The zero-order valence-electron chi connectivity index (χ0n) is 16.0. The maximum absolute atomic E-state index is 12.1.